The van der Waals surface area contributed by atoms with Crippen molar-refractivity contribution in [2.45, 2.75) is 25.1 Å². The van der Waals surface area contributed by atoms with Crippen LogP contribution in [-0.4, -0.2) is 36.2 Å². The van der Waals surface area contributed by atoms with Crippen LogP contribution in [0.5, 0.6) is 0 Å². The standard InChI is InChI=1S/C13H16N2O2/c16-13(15-7-6-11-12(8-15)14-11)17-9-10-4-2-1-3-5-10/h1-5,11-12,14H,6-9H2/t11-,12+/m0/s1. The number of nitrogens with zero attached hydrogens (tertiary/aromatic N) is 1. The van der Waals surface area contributed by atoms with Gasteiger partial charge in [0.2, 0.25) is 0 Å². The molecule has 2 aliphatic heterocycles. The number of rotatable bonds is 2. The summed E-state index contributed by atoms with van der Waals surface area (Å²) in [6.07, 6.45) is 0.853. The number of ether oxygens (including phenoxy) is 1. The highest BCUT2D eigenvalue weighted by Gasteiger charge is 2.42. The van der Waals surface area contributed by atoms with Gasteiger partial charge in [0.25, 0.3) is 0 Å². The second kappa shape index (κ2) is 4.37. The SMILES string of the molecule is O=C(OCc1ccccc1)N1CC[C@@H]2N[C@@H]2C1. The largest absolute Gasteiger partial charge is 0.445 e. The van der Waals surface area contributed by atoms with Gasteiger partial charge in [0.1, 0.15) is 6.61 Å². The Hall–Kier alpha value is -1.55. The molecule has 4 nitrogen and oxygen atoms in total. The van der Waals surface area contributed by atoms with Crippen LogP contribution < -0.4 is 5.32 Å². The number of carbonyl (C=O) groups excluding carboxylic acids is 1. The van der Waals surface area contributed by atoms with E-state index in [0.717, 1.165) is 25.1 Å². The third-order valence-corrected chi connectivity index (χ3v) is 3.40. The predicted molar refractivity (Wildman–Crippen MR) is 63.5 cm³/mol. The summed E-state index contributed by atoms with van der Waals surface area (Å²) in [5, 5.41) is 3.34. The van der Waals surface area contributed by atoms with Crippen LogP contribution in [0.4, 0.5) is 4.79 Å². The molecule has 17 heavy (non-hydrogen) atoms. The lowest BCUT2D eigenvalue weighted by Crippen LogP contribution is -2.39. The lowest BCUT2D eigenvalue weighted by Gasteiger charge is -2.24. The van der Waals surface area contributed by atoms with Crippen molar-refractivity contribution < 1.29 is 9.53 Å². The quantitative estimate of drug-likeness (QED) is 0.783. The topological polar surface area (TPSA) is 51.5 Å². The number of hydrogen-bond donors (Lipinski definition) is 1. The number of amides is 1. The van der Waals surface area contributed by atoms with Gasteiger partial charge in [-0.1, -0.05) is 30.3 Å². The molecular weight excluding hydrogens is 216 g/mol. The molecule has 1 amide bonds. The third kappa shape index (κ3) is 2.42. The summed E-state index contributed by atoms with van der Waals surface area (Å²) in [6.45, 7) is 1.96. The van der Waals surface area contributed by atoms with E-state index in [1.54, 1.807) is 4.90 Å². The maximum Gasteiger partial charge on any atom is 0.410 e. The van der Waals surface area contributed by atoms with Gasteiger partial charge in [-0.2, -0.15) is 0 Å². The van der Waals surface area contributed by atoms with Crippen LogP contribution in [0, 0.1) is 0 Å². The minimum absolute atomic E-state index is 0.194. The van der Waals surface area contributed by atoms with Gasteiger partial charge in [-0.15, -0.1) is 0 Å². The number of benzene rings is 1. The molecular formula is C13H16N2O2. The molecule has 0 aliphatic carbocycles. The summed E-state index contributed by atoms with van der Waals surface area (Å²) in [6, 6.07) is 10.9. The van der Waals surface area contributed by atoms with Crippen molar-refractivity contribution in [2.24, 2.45) is 0 Å². The number of hydrogen-bond acceptors (Lipinski definition) is 3. The van der Waals surface area contributed by atoms with Gasteiger partial charge in [-0.25, -0.2) is 4.79 Å². The first kappa shape index (κ1) is 10.6. The molecule has 0 unspecified atom stereocenters. The van der Waals surface area contributed by atoms with E-state index in [0.29, 0.717) is 18.7 Å². The molecule has 90 valence electrons. The molecule has 1 aromatic carbocycles. The van der Waals surface area contributed by atoms with Crippen molar-refractivity contribution in [3.8, 4) is 0 Å². The molecule has 3 rings (SSSR count). The fourth-order valence-corrected chi connectivity index (χ4v) is 2.28. The van der Waals surface area contributed by atoms with Crippen LogP contribution >= 0.6 is 0 Å². The van der Waals surface area contributed by atoms with Crippen LogP contribution in [0.15, 0.2) is 30.3 Å². The van der Waals surface area contributed by atoms with Crippen LogP contribution in [0.2, 0.25) is 0 Å². The van der Waals surface area contributed by atoms with Gasteiger partial charge in [0, 0.05) is 25.2 Å². The van der Waals surface area contributed by atoms with Crippen LogP contribution in [0.3, 0.4) is 0 Å². The fourth-order valence-electron chi connectivity index (χ4n) is 2.28. The molecule has 2 saturated heterocycles. The Balaban J connectivity index is 1.50. The van der Waals surface area contributed by atoms with Crippen LogP contribution in [0.1, 0.15) is 12.0 Å². The Morgan fingerprint density at radius 3 is 2.94 bits per heavy atom. The smallest absolute Gasteiger partial charge is 0.410 e. The van der Waals surface area contributed by atoms with Crippen molar-refractivity contribution in [3.63, 3.8) is 0 Å². The highest BCUT2D eigenvalue weighted by molar-refractivity contribution is 5.68. The molecule has 1 N–H and O–H groups in total. The predicted octanol–water partition coefficient (Wildman–Crippen LogP) is 1.37. The molecule has 0 saturated carbocycles. The van der Waals surface area contributed by atoms with Crippen molar-refractivity contribution >= 4 is 6.09 Å². The Bertz CT molecular complexity index is 407. The highest BCUT2D eigenvalue weighted by Crippen LogP contribution is 2.22. The van der Waals surface area contributed by atoms with E-state index in [2.05, 4.69) is 5.32 Å². The molecule has 0 spiro atoms. The molecule has 2 heterocycles. The monoisotopic (exact) mass is 232 g/mol. The Morgan fingerprint density at radius 2 is 2.18 bits per heavy atom. The minimum atomic E-state index is -0.194. The summed E-state index contributed by atoms with van der Waals surface area (Å²) in [7, 11) is 0. The van der Waals surface area contributed by atoms with E-state index < -0.39 is 0 Å². The number of nitrogens with one attached hydrogen (secondary N) is 1. The summed E-state index contributed by atoms with van der Waals surface area (Å²) in [5.74, 6) is 0. The Kier molecular flexibility index (Phi) is 2.73. The van der Waals surface area contributed by atoms with Crippen molar-refractivity contribution in [3.05, 3.63) is 35.9 Å². The van der Waals surface area contributed by atoms with Gasteiger partial charge in [-0.05, 0) is 12.0 Å². The molecule has 2 fully saturated rings. The third-order valence-electron chi connectivity index (χ3n) is 3.40. The van der Waals surface area contributed by atoms with Crippen molar-refractivity contribution in [1.29, 1.82) is 0 Å². The molecule has 0 bridgehead atoms. The normalized spacial score (nSPS) is 26.2. The second-order valence-corrected chi connectivity index (χ2v) is 4.65. The van der Waals surface area contributed by atoms with E-state index in [9.17, 15) is 4.79 Å². The second-order valence-electron chi connectivity index (χ2n) is 4.65. The molecule has 0 aromatic heterocycles. The maximum absolute atomic E-state index is 11.8. The van der Waals surface area contributed by atoms with Crippen LogP contribution in [0.25, 0.3) is 0 Å². The van der Waals surface area contributed by atoms with E-state index in [4.69, 9.17) is 4.74 Å². The highest BCUT2D eigenvalue weighted by atomic mass is 16.6. The maximum atomic E-state index is 11.8. The Morgan fingerprint density at radius 1 is 1.35 bits per heavy atom. The van der Waals surface area contributed by atoms with E-state index in [-0.39, 0.29) is 6.09 Å². The van der Waals surface area contributed by atoms with E-state index in [1.165, 1.54) is 0 Å². The summed E-state index contributed by atoms with van der Waals surface area (Å²) in [4.78, 5) is 13.6. The summed E-state index contributed by atoms with van der Waals surface area (Å²) in [5.41, 5.74) is 1.03. The first-order chi connectivity index (χ1) is 8.33. The zero-order valence-corrected chi connectivity index (χ0v) is 9.63. The lowest BCUT2D eigenvalue weighted by molar-refractivity contribution is 0.0927. The van der Waals surface area contributed by atoms with E-state index in [1.807, 2.05) is 30.3 Å². The van der Waals surface area contributed by atoms with Gasteiger partial charge < -0.3 is 15.0 Å². The average molecular weight is 232 g/mol. The van der Waals surface area contributed by atoms with Gasteiger partial charge in [-0.3, -0.25) is 0 Å². The molecule has 0 radical (unpaired) electrons. The van der Waals surface area contributed by atoms with Crippen molar-refractivity contribution in [2.75, 3.05) is 13.1 Å². The first-order valence-electron chi connectivity index (χ1n) is 6.04. The minimum Gasteiger partial charge on any atom is -0.445 e. The lowest BCUT2D eigenvalue weighted by atomic mass is 10.1. The van der Waals surface area contributed by atoms with Gasteiger partial charge in [0.15, 0.2) is 0 Å². The number of carbonyl (C=O) groups is 1. The number of likely N-dealkylation sites (tertiary alicyclic amines) is 1. The fraction of sp³-hybridized carbons (Fsp3) is 0.462. The molecule has 1 aromatic rings. The van der Waals surface area contributed by atoms with Crippen molar-refractivity contribution in [1.82, 2.24) is 10.2 Å². The molecule has 2 aliphatic rings. The zero-order chi connectivity index (χ0) is 11.7. The summed E-state index contributed by atoms with van der Waals surface area (Å²) >= 11 is 0. The molecule has 4 heteroatoms. The van der Waals surface area contributed by atoms with E-state index >= 15 is 0 Å². The molecule has 2 atom stereocenters. The van der Waals surface area contributed by atoms with Crippen LogP contribution in [-0.2, 0) is 11.3 Å². The summed E-state index contributed by atoms with van der Waals surface area (Å²) < 4.78 is 5.29. The van der Waals surface area contributed by atoms with Gasteiger partial charge in [0.05, 0.1) is 0 Å². The van der Waals surface area contributed by atoms with Gasteiger partial charge >= 0.3 is 6.09 Å². The zero-order valence-electron chi connectivity index (χ0n) is 9.63. The Labute approximate surface area is 101 Å². The number of piperidine rings is 1. The first-order valence-corrected chi connectivity index (χ1v) is 6.04. The number of fused-ring (bicyclic) bond motifs is 1. The average Bonchev–Trinajstić information content (AvgIpc) is 3.15.